The first-order valence-corrected chi connectivity index (χ1v) is 8.26. The van der Waals surface area contributed by atoms with Crippen LogP contribution in [0.4, 0.5) is 8.78 Å². The van der Waals surface area contributed by atoms with Crippen molar-refractivity contribution in [2.24, 2.45) is 0 Å². The normalized spacial score (nSPS) is 15.5. The number of halogens is 2. The smallest absolute Gasteiger partial charge is 0.218 e. The van der Waals surface area contributed by atoms with Crippen LogP contribution in [0.15, 0.2) is 30.7 Å². The van der Waals surface area contributed by atoms with Gasteiger partial charge in [0, 0.05) is 42.5 Å². The summed E-state index contributed by atoms with van der Waals surface area (Å²) in [6.45, 7) is 0.415. The molecule has 1 aliphatic heterocycles. The summed E-state index contributed by atoms with van der Waals surface area (Å²) in [5.41, 5.74) is 1.38. The quantitative estimate of drug-likeness (QED) is 0.861. The molecule has 0 radical (unpaired) electrons. The molecule has 116 valence electrons. The Hall–Kier alpha value is -1.93. The van der Waals surface area contributed by atoms with E-state index in [1.807, 2.05) is 0 Å². The summed E-state index contributed by atoms with van der Waals surface area (Å²) in [7, 11) is -3.75. The standard InChI is InChI=1S/C14H13F2N3O2S/c15-12-1-2-13(16)10(5-12)8-22(20,21)19-4-3-14-11(7-19)6-17-9-18-14/h1-2,5-6,9H,3-4,7-8H2. The second-order valence-corrected chi connectivity index (χ2v) is 7.04. The lowest BCUT2D eigenvalue weighted by Gasteiger charge is -2.27. The predicted molar refractivity (Wildman–Crippen MR) is 75.1 cm³/mol. The fourth-order valence-corrected chi connectivity index (χ4v) is 3.92. The number of hydrogen-bond acceptors (Lipinski definition) is 4. The molecule has 5 nitrogen and oxygen atoms in total. The third-order valence-electron chi connectivity index (χ3n) is 3.57. The van der Waals surface area contributed by atoms with E-state index in [0.717, 1.165) is 29.5 Å². The van der Waals surface area contributed by atoms with Crippen LogP contribution >= 0.6 is 0 Å². The molecule has 1 aromatic carbocycles. The van der Waals surface area contributed by atoms with Crippen molar-refractivity contribution < 1.29 is 17.2 Å². The van der Waals surface area contributed by atoms with E-state index in [9.17, 15) is 17.2 Å². The highest BCUT2D eigenvalue weighted by molar-refractivity contribution is 7.88. The maximum absolute atomic E-state index is 13.6. The molecule has 0 atom stereocenters. The largest absolute Gasteiger partial charge is 0.244 e. The molecule has 1 aromatic heterocycles. The lowest BCUT2D eigenvalue weighted by atomic mass is 10.1. The average Bonchev–Trinajstić information content (AvgIpc) is 2.50. The summed E-state index contributed by atoms with van der Waals surface area (Å²) in [5, 5.41) is 0. The van der Waals surface area contributed by atoms with Gasteiger partial charge in [-0.05, 0) is 18.2 Å². The molecule has 0 saturated heterocycles. The van der Waals surface area contributed by atoms with Crippen molar-refractivity contribution in [1.29, 1.82) is 0 Å². The van der Waals surface area contributed by atoms with E-state index in [1.54, 1.807) is 6.20 Å². The van der Waals surface area contributed by atoms with Crippen LogP contribution in [-0.2, 0) is 28.7 Å². The summed E-state index contributed by atoms with van der Waals surface area (Å²) in [6, 6.07) is 2.80. The second-order valence-electron chi connectivity index (χ2n) is 5.07. The van der Waals surface area contributed by atoms with E-state index in [-0.39, 0.29) is 18.7 Å². The van der Waals surface area contributed by atoms with E-state index in [2.05, 4.69) is 9.97 Å². The Morgan fingerprint density at radius 1 is 1.27 bits per heavy atom. The molecule has 2 heterocycles. The molecule has 0 amide bonds. The number of hydrogen-bond donors (Lipinski definition) is 0. The van der Waals surface area contributed by atoms with Crippen molar-refractivity contribution in [3.63, 3.8) is 0 Å². The topological polar surface area (TPSA) is 63.2 Å². The molecule has 0 aliphatic carbocycles. The van der Waals surface area contributed by atoms with E-state index in [1.165, 1.54) is 10.6 Å². The minimum atomic E-state index is -3.75. The summed E-state index contributed by atoms with van der Waals surface area (Å²) in [6.07, 6.45) is 3.47. The van der Waals surface area contributed by atoms with Gasteiger partial charge in [0.25, 0.3) is 0 Å². The van der Waals surface area contributed by atoms with E-state index in [0.29, 0.717) is 6.42 Å². The van der Waals surface area contributed by atoms with Gasteiger partial charge in [0.2, 0.25) is 10.0 Å². The van der Waals surface area contributed by atoms with Gasteiger partial charge < -0.3 is 0 Å². The first kappa shape index (κ1) is 15.0. The van der Waals surface area contributed by atoms with Crippen molar-refractivity contribution >= 4 is 10.0 Å². The Labute approximate surface area is 126 Å². The molecule has 1 aliphatic rings. The van der Waals surface area contributed by atoms with E-state index < -0.39 is 27.4 Å². The molecule has 0 bridgehead atoms. The van der Waals surface area contributed by atoms with Gasteiger partial charge in [-0.3, -0.25) is 0 Å². The summed E-state index contributed by atoms with van der Waals surface area (Å²) < 4.78 is 52.9. The van der Waals surface area contributed by atoms with Gasteiger partial charge in [-0.15, -0.1) is 0 Å². The Balaban J connectivity index is 1.84. The highest BCUT2D eigenvalue weighted by atomic mass is 32.2. The number of rotatable bonds is 3. The van der Waals surface area contributed by atoms with Crippen LogP contribution in [0.25, 0.3) is 0 Å². The van der Waals surface area contributed by atoms with Gasteiger partial charge in [-0.1, -0.05) is 0 Å². The molecule has 0 unspecified atom stereocenters. The first-order chi connectivity index (χ1) is 10.5. The number of fused-ring (bicyclic) bond motifs is 1. The van der Waals surface area contributed by atoms with Crippen molar-refractivity contribution in [2.45, 2.75) is 18.7 Å². The van der Waals surface area contributed by atoms with Crippen LogP contribution in [0.2, 0.25) is 0 Å². The Morgan fingerprint density at radius 2 is 2.09 bits per heavy atom. The minimum absolute atomic E-state index is 0.148. The van der Waals surface area contributed by atoms with Crippen LogP contribution < -0.4 is 0 Å². The maximum atomic E-state index is 13.6. The zero-order chi connectivity index (χ0) is 15.7. The average molecular weight is 325 g/mol. The molecule has 0 spiro atoms. The number of nitrogens with zero attached hydrogens (tertiary/aromatic N) is 3. The van der Waals surface area contributed by atoms with Gasteiger partial charge in [0.1, 0.15) is 18.0 Å². The van der Waals surface area contributed by atoms with Crippen LogP contribution in [0, 0.1) is 11.6 Å². The Bertz CT molecular complexity index is 811. The fourth-order valence-electron chi connectivity index (χ4n) is 2.42. The summed E-state index contributed by atoms with van der Waals surface area (Å²) in [5.74, 6) is -1.96. The highest BCUT2D eigenvalue weighted by Gasteiger charge is 2.28. The van der Waals surface area contributed by atoms with Crippen molar-refractivity contribution in [3.8, 4) is 0 Å². The van der Waals surface area contributed by atoms with Crippen molar-refractivity contribution in [1.82, 2.24) is 14.3 Å². The number of benzene rings is 1. The lowest BCUT2D eigenvalue weighted by Crippen LogP contribution is -2.37. The van der Waals surface area contributed by atoms with Gasteiger partial charge in [0.15, 0.2) is 0 Å². The molecule has 0 fully saturated rings. The molecular formula is C14H13F2N3O2S. The molecule has 0 N–H and O–H groups in total. The molecular weight excluding hydrogens is 312 g/mol. The highest BCUT2D eigenvalue weighted by Crippen LogP contribution is 2.22. The SMILES string of the molecule is O=S(=O)(Cc1cc(F)ccc1F)N1CCc2ncncc2C1. The van der Waals surface area contributed by atoms with Crippen molar-refractivity contribution in [2.75, 3.05) is 6.54 Å². The van der Waals surface area contributed by atoms with Crippen LogP contribution in [0.3, 0.4) is 0 Å². The number of aromatic nitrogens is 2. The van der Waals surface area contributed by atoms with Gasteiger partial charge in [-0.2, -0.15) is 4.31 Å². The summed E-state index contributed by atoms with van der Waals surface area (Å²) >= 11 is 0. The zero-order valence-electron chi connectivity index (χ0n) is 11.5. The molecule has 22 heavy (non-hydrogen) atoms. The maximum Gasteiger partial charge on any atom is 0.218 e. The zero-order valence-corrected chi connectivity index (χ0v) is 12.4. The molecule has 8 heteroatoms. The van der Waals surface area contributed by atoms with E-state index >= 15 is 0 Å². The van der Waals surface area contributed by atoms with Crippen LogP contribution in [0.1, 0.15) is 16.8 Å². The van der Waals surface area contributed by atoms with Gasteiger partial charge in [-0.25, -0.2) is 27.2 Å². The third kappa shape index (κ3) is 2.97. The summed E-state index contributed by atoms with van der Waals surface area (Å²) in [4.78, 5) is 7.99. The Kier molecular flexibility index (Phi) is 3.88. The molecule has 0 saturated carbocycles. The van der Waals surface area contributed by atoms with Crippen LogP contribution in [-0.4, -0.2) is 29.2 Å². The minimum Gasteiger partial charge on any atom is -0.244 e. The first-order valence-electron chi connectivity index (χ1n) is 6.65. The van der Waals surface area contributed by atoms with Crippen molar-refractivity contribution in [3.05, 3.63) is 59.2 Å². The third-order valence-corrected chi connectivity index (χ3v) is 5.34. The van der Waals surface area contributed by atoms with E-state index in [4.69, 9.17) is 0 Å². The monoisotopic (exact) mass is 325 g/mol. The lowest BCUT2D eigenvalue weighted by molar-refractivity contribution is 0.385. The molecule has 2 aromatic rings. The predicted octanol–water partition coefficient (Wildman–Crippen LogP) is 1.64. The molecule has 3 rings (SSSR count). The fraction of sp³-hybridized carbons (Fsp3) is 0.286. The number of sulfonamides is 1. The second kappa shape index (κ2) is 5.69. The van der Waals surface area contributed by atoms with Gasteiger partial charge in [0.05, 0.1) is 5.75 Å². The van der Waals surface area contributed by atoms with Crippen LogP contribution in [0.5, 0.6) is 0 Å². The Morgan fingerprint density at radius 3 is 2.91 bits per heavy atom. The van der Waals surface area contributed by atoms with Gasteiger partial charge >= 0.3 is 0 Å².